The van der Waals surface area contributed by atoms with E-state index in [1.807, 2.05) is 6.07 Å². The van der Waals surface area contributed by atoms with Crippen LogP contribution in [0.3, 0.4) is 0 Å². The van der Waals surface area contributed by atoms with Gasteiger partial charge in [0, 0.05) is 19.0 Å². The van der Waals surface area contributed by atoms with Crippen LogP contribution in [-0.2, 0) is 15.9 Å². The van der Waals surface area contributed by atoms with Gasteiger partial charge in [-0.05, 0) is 37.1 Å². The lowest BCUT2D eigenvalue weighted by Gasteiger charge is -2.26. The molecule has 2 rings (SSSR count). The molecular weight excluding hydrogens is 302 g/mol. The Morgan fingerprint density at radius 1 is 1.14 bits per heavy atom. The molecule has 0 aromatic heterocycles. The minimum atomic E-state index is 0.526. The summed E-state index contributed by atoms with van der Waals surface area (Å²) >= 11 is 5.55. The zero-order valence-electron chi connectivity index (χ0n) is 13.1. The van der Waals surface area contributed by atoms with Crippen molar-refractivity contribution in [2.24, 2.45) is 0 Å². The van der Waals surface area contributed by atoms with Crippen LogP contribution in [0.2, 0.25) is 0 Å². The summed E-state index contributed by atoms with van der Waals surface area (Å²) in [7, 11) is 0. The average molecular weight is 328 g/mol. The van der Waals surface area contributed by atoms with E-state index in [9.17, 15) is 0 Å². The van der Waals surface area contributed by atoms with Crippen molar-refractivity contribution < 1.29 is 14.2 Å². The second-order valence-corrected chi connectivity index (χ2v) is 5.73. The monoisotopic (exact) mass is 327 g/mol. The maximum absolute atomic E-state index is 5.69. The third-order valence-corrected chi connectivity index (χ3v) is 3.81. The van der Waals surface area contributed by atoms with E-state index >= 15 is 0 Å². The van der Waals surface area contributed by atoms with Crippen molar-refractivity contribution in [2.45, 2.75) is 12.8 Å². The molecule has 22 heavy (non-hydrogen) atoms. The molecule has 1 aliphatic rings. The van der Waals surface area contributed by atoms with Gasteiger partial charge < -0.3 is 14.2 Å². The summed E-state index contributed by atoms with van der Waals surface area (Å²) in [5.74, 6) is 1.44. The van der Waals surface area contributed by atoms with Crippen molar-refractivity contribution in [3.05, 3.63) is 29.8 Å². The molecule has 1 aromatic rings. The lowest BCUT2D eigenvalue weighted by molar-refractivity contribution is 0.0374. The van der Waals surface area contributed by atoms with Gasteiger partial charge in [-0.1, -0.05) is 12.1 Å². The lowest BCUT2D eigenvalue weighted by Crippen LogP contribution is -2.36. The average Bonchev–Trinajstić information content (AvgIpc) is 2.56. The number of ether oxygens (including phenoxy) is 3. The Hall–Kier alpha value is -0.810. The molecule has 0 spiro atoms. The quantitative estimate of drug-likeness (QED) is 0.488. The van der Waals surface area contributed by atoms with Gasteiger partial charge in [0.15, 0.2) is 0 Å². The van der Waals surface area contributed by atoms with Gasteiger partial charge in [0.25, 0.3) is 0 Å². The van der Waals surface area contributed by atoms with E-state index < -0.39 is 0 Å². The highest BCUT2D eigenvalue weighted by Crippen LogP contribution is 2.15. The van der Waals surface area contributed by atoms with Crippen LogP contribution in [0.5, 0.6) is 5.75 Å². The van der Waals surface area contributed by atoms with Gasteiger partial charge in [0.1, 0.15) is 12.4 Å². The lowest BCUT2D eigenvalue weighted by atomic mass is 10.1. The van der Waals surface area contributed by atoms with Crippen LogP contribution in [0, 0.1) is 0 Å². The normalized spacial score (nSPS) is 15.9. The highest BCUT2D eigenvalue weighted by Gasteiger charge is 2.09. The molecular formula is C17H26ClNO3. The van der Waals surface area contributed by atoms with Gasteiger partial charge in [-0.2, -0.15) is 0 Å². The number of benzene rings is 1. The van der Waals surface area contributed by atoms with E-state index in [1.54, 1.807) is 0 Å². The first-order valence-corrected chi connectivity index (χ1v) is 8.57. The van der Waals surface area contributed by atoms with Crippen LogP contribution in [0.1, 0.15) is 12.0 Å². The van der Waals surface area contributed by atoms with Crippen LogP contribution in [-0.4, -0.2) is 63.4 Å². The number of morpholine rings is 1. The van der Waals surface area contributed by atoms with Gasteiger partial charge in [0.05, 0.1) is 26.4 Å². The molecule has 1 heterocycles. The fourth-order valence-electron chi connectivity index (χ4n) is 2.50. The molecule has 0 aliphatic carbocycles. The van der Waals surface area contributed by atoms with Crippen molar-refractivity contribution in [1.82, 2.24) is 4.90 Å². The Balaban J connectivity index is 1.64. The summed E-state index contributed by atoms with van der Waals surface area (Å²) in [5.41, 5.74) is 1.33. The highest BCUT2D eigenvalue weighted by atomic mass is 35.5. The fraction of sp³-hybridized carbons (Fsp3) is 0.647. The predicted molar refractivity (Wildman–Crippen MR) is 89.1 cm³/mol. The van der Waals surface area contributed by atoms with Crippen LogP contribution in [0.25, 0.3) is 0 Å². The second kappa shape index (κ2) is 10.8. The first-order valence-electron chi connectivity index (χ1n) is 8.04. The SMILES string of the molecule is ClCCOCCOc1cccc(CCCN2CCOCC2)c1. The molecule has 0 saturated carbocycles. The molecule has 1 fully saturated rings. The number of alkyl halides is 1. The van der Waals surface area contributed by atoms with Crippen molar-refractivity contribution >= 4 is 11.6 Å². The Morgan fingerprint density at radius 3 is 2.82 bits per heavy atom. The number of rotatable bonds is 10. The Kier molecular flexibility index (Phi) is 8.64. The summed E-state index contributed by atoms with van der Waals surface area (Å²) in [6, 6.07) is 8.34. The van der Waals surface area contributed by atoms with Gasteiger partial charge in [-0.3, -0.25) is 4.90 Å². The summed E-state index contributed by atoms with van der Waals surface area (Å²) in [6.07, 6.45) is 2.25. The van der Waals surface area contributed by atoms with E-state index in [4.69, 9.17) is 25.8 Å². The van der Waals surface area contributed by atoms with Gasteiger partial charge in [-0.25, -0.2) is 0 Å². The molecule has 0 N–H and O–H groups in total. The summed E-state index contributed by atoms with van der Waals surface area (Å²) in [6.45, 7) is 6.72. The van der Waals surface area contributed by atoms with Crippen LogP contribution in [0.15, 0.2) is 24.3 Å². The predicted octanol–water partition coefficient (Wildman–Crippen LogP) is 2.59. The number of halogens is 1. The standard InChI is InChI=1S/C17H26ClNO3/c18-6-10-20-13-14-22-17-5-1-3-16(15-17)4-2-7-19-8-11-21-12-9-19/h1,3,5,15H,2,4,6-14H2. The molecule has 0 atom stereocenters. The van der Waals surface area contributed by atoms with Crippen LogP contribution >= 0.6 is 11.6 Å². The van der Waals surface area contributed by atoms with E-state index in [0.717, 1.165) is 45.0 Å². The summed E-state index contributed by atoms with van der Waals surface area (Å²) < 4.78 is 16.4. The summed E-state index contributed by atoms with van der Waals surface area (Å²) in [4.78, 5) is 2.47. The Bertz CT molecular complexity index is 411. The Labute approximate surface area is 138 Å². The minimum Gasteiger partial charge on any atom is -0.491 e. The minimum absolute atomic E-state index is 0.526. The van der Waals surface area contributed by atoms with Gasteiger partial charge in [-0.15, -0.1) is 11.6 Å². The third-order valence-electron chi connectivity index (χ3n) is 3.66. The third kappa shape index (κ3) is 6.97. The van der Waals surface area contributed by atoms with Crippen LogP contribution < -0.4 is 4.74 Å². The zero-order chi connectivity index (χ0) is 15.5. The number of hydrogen-bond acceptors (Lipinski definition) is 4. The van der Waals surface area contributed by atoms with Crippen molar-refractivity contribution in [2.75, 3.05) is 58.5 Å². The van der Waals surface area contributed by atoms with E-state index in [0.29, 0.717) is 25.7 Å². The largest absolute Gasteiger partial charge is 0.491 e. The maximum Gasteiger partial charge on any atom is 0.119 e. The maximum atomic E-state index is 5.69. The molecule has 124 valence electrons. The zero-order valence-corrected chi connectivity index (χ0v) is 13.9. The molecule has 5 heteroatoms. The second-order valence-electron chi connectivity index (χ2n) is 5.35. The molecule has 0 amide bonds. The number of hydrogen-bond donors (Lipinski definition) is 0. The molecule has 0 radical (unpaired) electrons. The molecule has 1 aromatic carbocycles. The molecule has 1 aliphatic heterocycles. The summed E-state index contributed by atoms with van der Waals surface area (Å²) in [5, 5.41) is 0. The van der Waals surface area contributed by atoms with E-state index in [-0.39, 0.29) is 0 Å². The molecule has 4 nitrogen and oxygen atoms in total. The number of nitrogens with zero attached hydrogens (tertiary/aromatic N) is 1. The Morgan fingerprint density at radius 2 is 2.00 bits per heavy atom. The first-order chi connectivity index (χ1) is 10.9. The van der Waals surface area contributed by atoms with Gasteiger partial charge in [0.2, 0.25) is 0 Å². The number of aryl methyl sites for hydroxylation is 1. The highest BCUT2D eigenvalue weighted by molar-refractivity contribution is 6.17. The van der Waals surface area contributed by atoms with E-state index in [2.05, 4.69) is 23.1 Å². The van der Waals surface area contributed by atoms with Crippen molar-refractivity contribution in [3.63, 3.8) is 0 Å². The van der Waals surface area contributed by atoms with Crippen molar-refractivity contribution in [1.29, 1.82) is 0 Å². The molecule has 1 saturated heterocycles. The van der Waals surface area contributed by atoms with Crippen molar-refractivity contribution in [3.8, 4) is 5.75 Å². The fourth-order valence-corrected chi connectivity index (χ4v) is 2.61. The van der Waals surface area contributed by atoms with Gasteiger partial charge >= 0.3 is 0 Å². The van der Waals surface area contributed by atoms with E-state index in [1.165, 1.54) is 12.0 Å². The molecule has 0 unspecified atom stereocenters. The molecule has 0 bridgehead atoms. The van der Waals surface area contributed by atoms with Crippen LogP contribution in [0.4, 0.5) is 0 Å². The first kappa shape index (κ1) is 17.5. The smallest absolute Gasteiger partial charge is 0.119 e. The topological polar surface area (TPSA) is 30.9 Å².